The van der Waals surface area contributed by atoms with Gasteiger partial charge < -0.3 is 19.7 Å². The van der Waals surface area contributed by atoms with E-state index in [9.17, 15) is 14.4 Å². The number of benzene rings is 2. The van der Waals surface area contributed by atoms with Crippen LogP contribution in [0.1, 0.15) is 42.6 Å². The molecular weight excluding hydrogens is 384 g/mol. The highest BCUT2D eigenvalue weighted by Gasteiger charge is 2.16. The molecule has 0 fully saturated rings. The average Bonchev–Trinajstić information content (AvgIpc) is 2.72. The van der Waals surface area contributed by atoms with Crippen molar-refractivity contribution >= 4 is 23.3 Å². The van der Waals surface area contributed by atoms with Crippen molar-refractivity contribution in [3.05, 3.63) is 53.6 Å². The van der Waals surface area contributed by atoms with Gasteiger partial charge in [0.15, 0.2) is 12.4 Å². The summed E-state index contributed by atoms with van der Waals surface area (Å²) in [4.78, 5) is 37.8. The van der Waals surface area contributed by atoms with Crippen LogP contribution >= 0.6 is 0 Å². The molecule has 0 unspecified atom stereocenters. The number of hydrogen-bond donors (Lipinski definition) is 1. The Labute approximate surface area is 177 Å². The average molecular weight is 412 g/mol. The Morgan fingerprint density at radius 3 is 2.47 bits per heavy atom. The Kier molecular flexibility index (Phi) is 8.41. The highest BCUT2D eigenvalue weighted by molar-refractivity contribution is 5.99. The maximum atomic E-state index is 12.5. The number of amides is 2. The summed E-state index contributed by atoms with van der Waals surface area (Å²) >= 11 is 0. The summed E-state index contributed by atoms with van der Waals surface area (Å²) < 4.78 is 10.9. The molecule has 7 nitrogen and oxygen atoms in total. The molecule has 1 N–H and O–H groups in total. The lowest BCUT2D eigenvalue weighted by molar-refractivity contribution is -0.132. The lowest BCUT2D eigenvalue weighted by atomic mass is 10.1. The van der Waals surface area contributed by atoms with E-state index in [1.165, 1.54) is 11.8 Å². The highest BCUT2D eigenvalue weighted by atomic mass is 16.5. The summed E-state index contributed by atoms with van der Waals surface area (Å²) in [6.45, 7) is 3.48. The predicted molar refractivity (Wildman–Crippen MR) is 115 cm³/mol. The van der Waals surface area contributed by atoms with E-state index >= 15 is 0 Å². The molecule has 0 aliphatic rings. The SMILES string of the molecule is CCCC(=O)Nc1ccc(OCC(=O)N(C)Cc2ccccc2OC)c(C(C)=O)c1. The van der Waals surface area contributed by atoms with Gasteiger partial charge in [-0.25, -0.2) is 0 Å². The van der Waals surface area contributed by atoms with Gasteiger partial charge in [-0.05, 0) is 37.6 Å². The minimum atomic E-state index is -0.240. The highest BCUT2D eigenvalue weighted by Crippen LogP contribution is 2.24. The lowest BCUT2D eigenvalue weighted by Crippen LogP contribution is -2.31. The molecule has 0 saturated heterocycles. The molecular formula is C23H28N2O5. The van der Waals surface area contributed by atoms with Gasteiger partial charge in [-0.1, -0.05) is 25.1 Å². The monoisotopic (exact) mass is 412 g/mol. The van der Waals surface area contributed by atoms with Crippen molar-refractivity contribution in [1.82, 2.24) is 4.90 Å². The number of Topliss-reactive ketones (excluding diaryl/α,β-unsaturated/α-hetero) is 1. The normalized spacial score (nSPS) is 10.3. The van der Waals surface area contributed by atoms with Gasteiger partial charge in [0, 0.05) is 31.3 Å². The third-order valence-corrected chi connectivity index (χ3v) is 4.50. The summed E-state index contributed by atoms with van der Waals surface area (Å²) in [5.74, 6) is 0.434. The number of para-hydroxylation sites is 1. The first kappa shape index (κ1) is 22.9. The number of carbonyl (C=O) groups excluding carboxylic acids is 3. The van der Waals surface area contributed by atoms with E-state index in [0.29, 0.717) is 35.7 Å². The zero-order chi connectivity index (χ0) is 22.1. The number of anilines is 1. The number of nitrogens with zero attached hydrogens (tertiary/aromatic N) is 1. The second-order valence-corrected chi connectivity index (χ2v) is 6.92. The largest absolute Gasteiger partial charge is 0.496 e. The molecule has 2 aromatic rings. The molecule has 2 rings (SSSR count). The Morgan fingerprint density at radius 1 is 1.07 bits per heavy atom. The van der Waals surface area contributed by atoms with Crippen LogP contribution in [0.5, 0.6) is 11.5 Å². The van der Waals surface area contributed by atoms with Crippen LogP contribution in [0.15, 0.2) is 42.5 Å². The number of nitrogens with one attached hydrogen (secondary N) is 1. The smallest absolute Gasteiger partial charge is 0.260 e. The number of methoxy groups -OCH3 is 1. The van der Waals surface area contributed by atoms with E-state index in [1.54, 1.807) is 32.4 Å². The van der Waals surface area contributed by atoms with E-state index in [1.807, 2.05) is 31.2 Å². The van der Waals surface area contributed by atoms with Crippen LogP contribution in [0.3, 0.4) is 0 Å². The molecule has 30 heavy (non-hydrogen) atoms. The van der Waals surface area contributed by atoms with Crippen LogP contribution < -0.4 is 14.8 Å². The van der Waals surface area contributed by atoms with Crippen molar-refractivity contribution in [1.29, 1.82) is 0 Å². The quantitative estimate of drug-likeness (QED) is 0.602. The molecule has 0 heterocycles. The molecule has 0 saturated carbocycles. The standard InChI is InChI=1S/C23H28N2O5/c1-5-8-22(27)24-18-11-12-21(19(13-18)16(2)26)30-15-23(28)25(3)14-17-9-6-7-10-20(17)29-4/h6-7,9-13H,5,8,14-15H2,1-4H3,(H,24,27). The van der Waals surface area contributed by atoms with Crippen molar-refractivity contribution in [2.75, 3.05) is 26.1 Å². The van der Waals surface area contributed by atoms with E-state index in [2.05, 4.69) is 5.32 Å². The van der Waals surface area contributed by atoms with Crippen molar-refractivity contribution in [2.45, 2.75) is 33.2 Å². The van der Waals surface area contributed by atoms with Crippen LogP contribution in [-0.4, -0.2) is 43.3 Å². The van der Waals surface area contributed by atoms with Crippen LogP contribution in [0.2, 0.25) is 0 Å². The van der Waals surface area contributed by atoms with Gasteiger partial charge in [-0.2, -0.15) is 0 Å². The lowest BCUT2D eigenvalue weighted by Gasteiger charge is -2.19. The third-order valence-electron chi connectivity index (χ3n) is 4.50. The van der Waals surface area contributed by atoms with Gasteiger partial charge in [0.1, 0.15) is 11.5 Å². The van der Waals surface area contributed by atoms with Crippen LogP contribution in [0.4, 0.5) is 5.69 Å². The number of ether oxygens (including phenoxy) is 2. The molecule has 0 aromatic heterocycles. The van der Waals surface area contributed by atoms with Gasteiger partial charge in [0.05, 0.1) is 12.7 Å². The molecule has 0 spiro atoms. The van der Waals surface area contributed by atoms with Gasteiger partial charge in [0.2, 0.25) is 5.91 Å². The van der Waals surface area contributed by atoms with Gasteiger partial charge in [0.25, 0.3) is 5.91 Å². The summed E-state index contributed by atoms with van der Waals surface area (Å²) in [5.41, 5.74) is 1.71. The molecule has 2 amide bonds. The summed E-state index contributed by atoms with van der Waals surface area (Å²) in [7, 11) is 3.26. The fraction of sp³-hybridized carbons (Fsp3) is 0.348. The summed E-state index contributed by atoms with van der Waals surface area (Å²) in [6.07, 6.45) is 1.14. The van der Waals surface area contributed by atoms with Crippen molar-refractivity contribution in [3.63, 3.8) is 0 Å². The minimum absolute atomic E-state index is 0.117. The number of hydrogen-bond acceptors (Lipinski definition) is 5. The predicted octanol–water partition coefficient (Wildman–Crippen LogP) is 3.67. The molecule has 0 radical (unpaired) electrons. The Bertz CT molecular complexity index is 910. The number of likely N-dealkylation sites (N-methyl/N-ethyl adjacent to an activating group) is 1. The Hall–Kier alpha value is -3.35. The minimum Gasteiger partial charge on any atom is -0.496 e. The van der Waals surface area contributed by atoms with Crippen LogP contribution in [-0.2, 0) is 16.1 Å². The fourth-order valence-electron chi connectivity index (χ4n) is 2.89. The van der Waals surface area contributed by atoms with Crippen molar-refractivity contribution in [3.8, 4) is 11.5 Å². The van der Waals surface area contributed by atoms with Crippen molar-refractivity contribution < 1.29 is 23.9 Å². The molecule has 7 heteroatoms. The maximum Gasteiger partial charge on any atom is 0.260 e. The van der Waals surface area contributed by atoms with Crippen molar-refractivity contribution in [2.24, 2.45) is 0 Å². The second-order valence-electron chi connectivity index (χ2n) is 6.92. The molecule has 0 bridgehead atoms. The summed E-state index contributed by atoms with van der Waals surface area (Å²) in [6, 6.07) is 12.3. The third kappa shape index (κ3) is 6.34. The molecule has 2 aromatic carbocycles. The van der Waals surface area contributed by atoms with E-state index in [0.717, 1.165) is 12.0 Å². The van der Waals surface area contributed by atoms with E-state index < -0.39 is 0 Å². The molecule has 160 valence electrons. The van der Waals surface area contributed by atoms with Gasteiger partial charge in [-0.15, -0.1) is 0 Å². The zero-order valence-electron chi connectivity index (χ0n) is 17.9. The molecule has 0 aliphatic carbocycles. The zero-order valence-corrected chi connectivity index (χ0v) is 17.9. The van der Waals surface area contributed by atoms with Crippen LogP contribution in [0.25, 0.3) is 0 Å². The Morgan fingerprint density at radius 2 is 1.80 bits per heavy atom. The second kappa shape index (κ2) is 11.0. The number of carbonyl (C=O) groups is 3. The Balaban J connectivity index is 2.03. The van der Waals surface area contributed by atoms with E-state index in [4.69, 9.17) is 9.47 Å². The maximum absolute atomic E-state index is 12.5. The van der Waals surface area contributed by atoms with Crippen LogP contribution in [0, 0.1) is 0 Å². The molecule has 0 atom stereocenters. The topological polar surface area (TPSA) is 84.9 Å². The van der Waals surface area contributed by atoms with Gasteiger partial charge >= 0.3 is 0 Å². The number of rotatable bonds is 10. The summed E-state index contributed by atoms with van der Waals surface area (Å²) in [5, 5.41) is 2.75. The first-order valence-corrected chi connectivity index (χ1v) is 9.79. The van der Waals surface area contributed by atoms with E-state index in [-0.39, 0.29) is 24.2 Å². The first-order valence-electron chi connectivity index (χ1n) is 9.79. The number of ketones is 1. The molecule has 0 aliphatic heterocycles. The fourth-order valence-corrected chi connectivity index (χ4v) is 2.89. The first-order chi connectivity index (χ1) is 14.3. The van der Waals surface area contributed by atoms with Gasteiger partial charge in [-0.3, -0.25) is 14.4 Å².